The summed E-state index contributed by atoms with van der Waals surface area (Å²) in [6.07, 6.45) is 0.416. The second-order valence-corrected chi connectivity index (χ2v) is 5.78. The Morgan fingerprint density at radius 1 is 1.00 bits per heavy atom. The minimum Gasteiger partial charge on any atom is -0.376 e. The predicted octanol–water partition coefficient (Wildman–Crippen LogP) is 4.05. The van der Waals surface area contributed by atoms with Crippen molar-refractivity contribution in [2.24, 2.45) is 0 Å². The highest BCUT2D eigenvalue weighted by atomic mass is 35.5. The molecule has 0 atom stereocenters. The molecule has 2 aromatic carbocycles. The molecule has 0 saturated heterocycles. The molecule has 0 saturated carbocycles. The van der Waals surface area contributed by atoms with Crippen LogP contribution in [0.3, 0.4) is 0 Å². The molecule has 2 rings (SSSR count). The predicted molar refractivity (Wildman–Crippen MR) is 98.7 cm³/mol. The van der Waals surface area contributed by atoms with E-state index in [-0.39, 0.29) is 18.4 Å². The second kappa shape index (κ2) is 8.36. The van der Waals surface area contributed by atoms with Gasteiger partial charge in [0.15, 0.2) is 0 Å². The Kier molecular flexibility index (Phi) is 6.21. The molecule has 2 amide bonds. The fraction of sp³-hybridized carbons (Fsp3) is 0.222. The normalized spacial score (nSPS) is 10.1. The van der Waals surface area contributed by atoms with Gasteiger partial charge in [0.1, 0.15) is 0 Å². The first kappa shape index (κ1) is 17.8. The summed E-state index contributed by atoms with van der Waals surface area (Å²) in [7, 11) is 0. The number of hydrogen-bond donors (Lipinski definition) is 3. The standard InChI is InChI=1S/C18H20ClN3O2/c1-3-17(23)22-16-10-14(8-7-12(16)2)20-11-18(24)21-15-6-4-5-13(19)9-15/h4-10,20H,3,11H2,1-2H3,(H,21,24)(H,22,23). The van der Waals surface area contributed by atoms with Crippen LogP contribution in [-0.4, -0.2) is 18.4 Å². The number of anilines is 3. The van der Waals surface area contributed by atoms with Crippen LogP contribution in [0.1, 0.15) is 18.9 Å². The number of benzene rings is 2. The van der Waals surface area contributed by atoms with Crippen molar-refractivity contribution in [1.82, 2.24) is 0 Å². The van der Waals surface area contributed by atoms with Crippen LogP contribution in [0.15, 0.2) is 42.5 Å². The van der Waals surface area contributed by atoms with E-state index in [1.165, 1.54) is 0 Å². The average Bonchev–Trinajstić information content (AvgIpc) is 2.55. The SMILES string of the molecule is CCC(=O)Nc1cc(NCC(=O)Nc2cccc(Cl)c2)ccc1C. The van der Waals surface area contributed by atoms with Crippen LogP contribution in [0, 0.1) is 6.92 Å². The van der Waals surface area contributed by atoms with E-state index in [1.807, 2.05) is 25.1 Å². The lowest BCUT2D eigenvalue weighted by molar-refractivity contribution is -0.116. The molecule has 0 fully saturated rings. The molecular formula is C18H20ClN3O2. The largest absolute Gasteiger partial charge is 0.376 e. The molecule has 0 aromatic heterocycles. The Balaban J connectivity index is 1.95. The van der Waals surface area contributed by atoms with Gasteiger partial charge in [-0.25, -0.2) is 0 Å². The maximum absolute atomic E-state index is 12.0. The Bertz CT molecular complexity index is 747. The van der Waals surface area contributed by atoms with Crippen molar-refractivity contribution in [3.8, 4) is 0 Å². The number of hydrogen-bond acceptors (Lipinski definition) is 3. The van der Waals surface area contributed by atoms with Gasteiger partial charge < -0.3 is 16.0 Å². The van der Waals surface area contributed by atoms with Crippen molar-refractivity contribution in [2.45, 2.75) is 20.3 Å². The van der Waals surface area contributed by atoms with Crippen LogP contribution in [0.2, 0.25) is 5.02 Å². The summed E-state index contributed by atoms with van der Waals surface area (Å²) in [4.78, 5) is 23.5. The molecule has 0 unspecified atom stereocenters. The first-order valence-corrected chi connectivity index (χ1v) is 8.05. The molecule has 126 valence electrons. The zero-order valence-corrected chi connectivity index (χ0v) is 14.4. The molecule has 2 aromatic rings. The van der Waals surface area contributed by atoms with Crippen molar-refractivity contribution in [2.75, 3.05) is 22.5 Å². The molecule has 3 N–H and O–H groups in total. The van der Waals surface area contributed by atoms with E-state index in [4.69, 9.17) is 11.6 Å². The topological polar surface area (TPSA) is 70.2 Å². The molecule has 0 aliphatic heterocycles. The molecule has 0 radical (unpaired) electrons. The number of carbonyl (C=O) groups excluding carboxylic acids is 2. The summed E-state index contributed by atoms with van der Waals surface area (Å²) in [5.74, 6) is -0.231. The average molecular weight is 346 g/mol. The van der Waals surface area contributed by atoms with Crippen molar-refractivity contribution in [3.63, 3.8) is 0 Å². The maximum Gasteiger partial charge on any atom is 0.243 e. The van der Waals surface area contributed by atoms with E-state index in [2.05, 4.69) is 16.0 Å². The van der Waals surface area contributed by atoms with Gasteiger partial charge in [0.25, 0.3) is 0 Å². The lowest BCUT2D eigenvalue weighted by atomic mass is 10.1. The number of nitrogens with one attached hydrogen (secondary N) is 3. The first-order valence-electron chi connectivity index (χ1n) is 7.67. The van der Waals surface area contributed by atoms with Gasteiger partial charge in [0.2, 0.25) is 11.8 Å². The van der Waals surface area contributed by atoms with Gasteiger partial charge in [0.05, 0.1) is 6.54 Å². The lowest BCUT2D eigenvalue weighted by Gasteiger charge is -2.12. The van der Waals surface area contributed by atoms with Crippen LogP contribution in [0.25, 0.3) is 0 Å². The minimum atomic E-state index is -0.183. The quantitative estimate of drug-likeness (QED) is 0.739. The van der Waals surface area contributed by atoms with Gasteiger partial charge in [0, 0.05) is 28.5 Å². The van der Waals surface area contributed by atoms with Gasteiger partial charge in [-0.2, -0.15) is 0 Å². The smallest absolute Gasteiger partial charge is 0.243 e. The van der Waals surface area contributed by atoms with Crippen molar-refractivity contribution in [1.29, 1.82) is 0 Å². The second-order valence-electron chi connectivity index (χ2n) is 5.34. The van der Waals surface area contributed by atoms with Crippen molar-refractivity contribution >= 4 is 40.5 Å². The highest BCUT2D eigenvalue weighted by Crippen LogP contribution is 2.20. The number of aryl methyl sites for hydroxylation is 1. The van der Waals surface area contributed by atoms with E-state index in [0.29, 0.717) is 17.1 Å². The lowest BCUT2D eigenvalue weighted by Crippen LogP contribution is -2.21. The zero-order chi connectivity index (χ0) is 17.5. The van der Waals surface area contributed by atoms with E-state index >= 15 is 0 Å². The summed E-state index contributed by atoms with van der Waals surface area (Å²) in [5.41, 5.74) is 3.11. The molecule has 0 bridgehead atoms. The zero-order valence-electron chi connectivity index (χ0n) is 13.7. The van der Waals surface area contributed by atoms with E-state index in [1.54, 1.807) is 31.2 Å². The highest BCUT2D eigenvalue weighted by molar-refractivity contribution is 6.30. The van der Waals surface area contributed by atoms with Crippen LogP contribution >= 0.6 is 11.6 Å². The molecule has 0 aliphatic rings. The number of halogens is 1. The Morgan fingerprint density at radius 3 is 2.50 bits per heavy atom. The Morgan fingerprint density at radius 2 is 1.79 bits per heavy atom. The third-order valence-corrected chi connectivity index (χ3v) is 3.63. The van der Waals surface area contributed by atoms with E-state index < -0.39 is 0 Å². The van der Waals surface area contributed by atoms with Crippen LogP contribution < -0.4 is 16.0 Å². The minimum absolute atomic E-state index is 0.0473. The Labute approximate surface area is 146 Å². The fourth-order valence-electron chi connectivity index (χ4n) is 2.06. The highest BCUT2D eigenvalue weighted by Gasteiger charge is 2.06. The van der Waals surface area contributed by atoms with Crippen LogP contribution in [0.4, 0.5) is 17.1 Å². The fourth-order valence-corrected chi connectivity index (χ4v) is 2.25. The molecule has 6 heteroatoms. The van der Waals surface area contributed by atoms with Gasteiger partial charge in [-0.15, -0.1) is 0 Å². The Hall–Kier alpha value is -2.53. The monoisotopic (exact) mass is 345 g/mol. The molecule has 5 nitrogen and oxygen atoms in total. The van der Waals surface area contributed by atoms with E-state index in [9.17, 15) is 9.59 Å². The number of amides is 2. The van der Waals surface area contributed by atoms with E-state index in [0.717, 1.165) is 16.9 Å². The van der Waals surface area contributed by atoms with Crippen LogP contribution in [-0.2, 0) is 9.59 Å². The molecule has 24 heavy (non-hydrogen) atoms. The molecular weight excluding hydrogens is 326 g/mol. The third-order valence-electron chi connectivity index (χ3n) is 3.39. The number of rotatable bonds is 6. The van der Waals surface area contributed by atoms with Gasteiger partial charge >= 0.3 is 0 Å². The summed E-state index contributed by atoms with van der Waals surface area (Å²) in [6, 6.07) is 12.5. The first-order chi connectivity index (χ1) is 11.5. The molecule has 0 heterocycles. The summed E-state index contributed by atoms with van der Waals surface area (Å²) in [6.45, 7) is 3.82. The molecule has 0 spiro atoms. The van der Waals surface area contributed by atoms with Gasteiger partial charge in [-0.1, -0.05) is 30.7 Å². The summed E-state index contributed by atoms with van der Waals surface area (Å²) in [5, 5.41) is 9.21. The molecule has 0 aliphatic carbocycles. The number of carbonyl (C=O) groups is 2. The third kappa shape index (κ3) is 5.28. The van der Waals surface area contributed by atoms with Gasteiger partial charge in [-0.3, -0.25) is 9.59 Å². The van der Waals surface area contributed by atoms with Crippen LogP contribution in [0.5, 0.6) is 0 Å². The maximum atomic E-state index is 12.0. The van der Waals surface area contributed by atoms with Crippen molar-refractivity contribution < 1.29 is 9.59 Å². The summed E-state index contributed by atoms with van der Waals surface area (Å²) < 4.78 is 0. The van der Waals surface area contributed by atoms with Crippen molar-refractivity contribution in [3.05, 3.63) is 53.1 Å². The van der Waals surface area contributed by atoms with Gasteiger partial charge in [-0.05, 0) is 42.8 Å². The summed E-state index contributed by atoms with van der Waals surface area (Å²) >= 11 is 5.89.